The van der Waals surface area contributed by atoms with Crippen LogP contribution in [0.25, 0.3) is 0 Å². The van der Waals surface area contributed by atoms with Gasteiger partial charge in [-0.3, -0.25) is 9.59 Å². The van der Waals surface area contributed by atoms with Crippen molar-refractivity contribution in [2.45, 2.75) is 12.8 Å². The number of amides is 2. The Balaban J connectivity index is 1.53. The molecular weight excluding hydrogens is 370 g/mol. The van der Waals surface area contributed by atoms with Crippen molar-refractivity contribution < 1.29 is 19.1 Å². The average molecular weight is 393 g/mol. The van der Waals surface area contributed by atoms with Crippen molar-refractivity contribution in [2.75, 3.05) is 32.2 Å². The van der Waals surface area contributed by atoms with Gasteiger partial charge in [0.25, 0.3) is 0 Å². The van der Waals surface area contributed by atoms with Gasteiger partial charge in [0.1, 0.15) is 0 Å². The summed E-state index contributed by atoms with van der Waals surface area (Å²) in [6, 6.07) is 14.5. The summed E-state index contributed by atoms with van der Waals surface area (Å²) in [5.74, 6) is 0.705. The molecule has 1 N–H and O–H groups in total. The van der Waals surface area contributed by atoms with Crippen LogP contribution in [0, 0.1) is 17.2 Å². The van der Waals surface area contributed by atoms with Crippen LogP contribution < -0.4 is 19.7 Å². The van der Waals surface area contributed by atoms with Gasteiger partial charge in [-0.25, -0.2) is 0 Å². The number of rotatable bonds is 7. The van der Waals surface area contributed by atoms with Crippen LogP contribution in [0.3, 0.4) is 0 Å². The second-order valence-corrected chi connectivity index (χ2v) is 6.79. The quantitative estimate of drug-likeness (QED) is 0.779. The number of nitrogens with one attached hydrogen (secondary N) is 1. The lowest BCUT2D eigenvalue weighted by atomic mass is 10.1. The molecule has 1 fully saturated rings. The molecule has 0 saturated carbocycles. The molecule has 7 nitrogen and oxygen atoms in total. The molecule has 2 amide bonds. The van der Waals surface area contributed by atoms with E-state index in [1.807, 2.05) is 18.2 Å². The lowest BCUT2D eigenvalue weighted by molar-refractivity contribution is -0.126. The summed E-state index contributed by atoms with van der Waals surface area (Å²) in [4.78, 5) is 26.4. The van der Waals surface area contributed by atoms with Crippen molar-refractivity contribution in [2.24, 2.45) is 5.92 Å². The predicted molar refractivity (Wildman–Crippen MR) is 108 cm³/mol. The molecule has 1 atom stereocenters. The molecule has 0 spiro atoms. The summed E-state index contributed by atoms with van der Waals surface area (Å²) < 4.78 is 10.5. The van der Waals surface area contributed by atoms with Gasteiger partial charge in [-0.05, 0) is 48.4 Å². The predicted octanol–water partition coefficient (Wildman–Crippen LogP) is 2.29. The van der Waals surface area contributed by atoms with E-state index in [0.717, 1.165) is 5.56 Å². The number of ether oxygens (including phenoxy) is 2. The third kappa shape index (κ3) is 4.66. The molecule has 1 saturated heterocycles. The molecule has 2 aromatic carbocycles. The number of nitriles is 1. The van der Waals surface area contributed by atoms with E-state index >= 15 is 0 Å². The molecule has 29 heavy (non-hydrogen) atoms. The molecule has 2 aromatic rings. The highest BCUT2D eigenvalue weighted by Crippen LogP contribution is 2.28. The first kappa shape index (κ1) is 20.2. The van der Waals surface area contributed by atoms with E-state index in [9.17, 15) is 9.59 Å². The summed E-state index contributed by atoms with van der Waals surface area (Å²) >= 11 is 0. The summed E-state index contributed by atoms with van der Waals surface area (Å²) in [6.45, 7) is 0.808. The van der Waals surface area contributed by atoms with E-state index in [1.165, 1.54) is 0 Å². The fourth-order valence-corrected chi connectivity index (χ4v) is 3.36. The van der Waals surface area contributed by atoms with Crippen molar-refractivity contribution in [1.29, 1.82) is 5.26 Å². The van der Waals surface area contributed by atoms with Crippen molar-refractivity contribution in [1.82, 2.24) is 5.32 Å². The number of carbonyl (C=O) groups is 2. The molecular formula is C22H23N3O4. The number of anilines is 1. The first-order chi connectivity index (χ1) is 14.0. The van der Waals surface area contributed by atoms with E-state index in [2.05, 4.69) is 11.4 Å². The van der Waals surface area contributed by atoms with Gasteiger partial charge in [0, 0.05) is 25.2 Å². The van der Waals surface area contributed by atoms with Crippen molar-refractivity contribution in [3.63, 3.8) is 0 Å². The zero-order valence-corrected chi connectivity index (χ0v) is 16.5. The van der Waals surface area contributed by atoms with Gasteiger partial charge in [0.05, 0.1) is 31.8 Å². The Kier molecular flexibility index (Phi) is 6.35. The average Bonchev–Trinajstić information content (AvgIpc) is 3.15. The second-order valence-electron chi connectivity index (χ2n) is 6.79. The van der Waals surface area contributed by atoms with Gasteiger partial charge in [-0.15, -0.1) is 0 Å². The van der Waals surface area contributed by atoms with E-state index < -0.39 is 0 Å². The smallest absolute Gasteiger partial charge is 0.227 e. The Morgan fingerprint density at radius 2 is 1.90 bits per heavy atom. The van der Waals surface area contributed by atoms with Gasteiger partial charge in [-0.2, -0.15) is 5.26 Å². The number of carbonyl (C=O) groups excluding carboxylic acids is 2. The van der Waals surface area contributed by atoms with E-state index in [1.54, 1.807) is 43.4 Å². The van der Waals surface area contributed by atoms with Gasteiger partial charge >= 0.3 is 0 Å². The summed E-state index contributed by atoms with van der Waals surface area (Å²) in [7, 11) is 3.17. The van der Waals surface area contributed by atoms with Crippen LogP contribution in [-0.4, -0.2) is 39.1 Å². The Bertz CT molecular complexity index is 934. The van der Waals surface area contributed by atoms with Crippen molar-refractivity contribution in [3.8, 4) is 17.6 Å². The number of nitrogens with zero attached hydrogens (tertiary/aromatic N) is 2. The topological polar surface area (TPSA) is 91.7 Å². The molecule has 0 radical (unpaired) electrons. The number of methoxy groups -OCH3 is 2. The van der Waals surface area contributed by atoms with Gasteiger partial charge in [0.2, 0.25) is 11.8 Å². The fraction of sp³-hybridized carbons (Fsp3) is 0.318. The van der Waals surface area contributed by atoms with E-state index in [-0.39, 0.29) is 24.2 Å². The number of hydrogen-bond donors (Lipinski definition) is 1. The van der Waals surface area contributed by atoms with E-state index in [4.69, 9.17) is 14.7 Å². The molecule has 0 bridgehead atoms. The SMILES string of the molecule is COc1ccc(CCNC(=O)C2CC(=O)N(c3ccc(C#N)cc3)C2)cc1OC. The maximum Gasteiger partial charge on any atom is 0.227 e. The second kappa shape index (κ2) is 9.11. The van der Waals surface area contributed by atoms with Crippen LogP contribution >= 0.6 is 0 Å². The molecule has 1 unspecified atom stereocenters. The molecule has 1 aliphatic rings. The van der Waals surface area contributed by atoms with Crippen molar-refractivity contribution >= 4 is 17.5 Å². The first-order valence-electron chi connectivity index (χ1n) is 9.35. The van der Waals surface area contributed by atoms with E-state index in [0.29, 0.717) is 42.3 Å². The lowest BCUT2D eigenvalue weighted by Crippen LogP contribution is -2.34. The third-order valence-corrected chi connectivity index (χ3v) is 4.96. The summed E-state index contributed by atoms with van der Waals surface area (Å²) in [6.07, 6.45) is 0.828. The Labute approximate surface area is 169 Å². The van der Waals surface area contributed by atoms with Crippen LogP contribution in [0.4, 0.5) is 5.69 Å². The molecule has 7 heteroatoms. The molecule has 1 heterocycles. The van der Waals surface area contributed by atoms with Crippen LogP contribution in [0.1, 0.15) is 17.5 Å². The lowest BCUT2D eigenvalue weighted by Gasteiger charge is -2.16. The highest BCUT2D eigenvalue weighted by atomic mass is 16.5. The highest BCUT2D eigenvalue weighted by molar-refractivity contribution is 6.00. The third-order valence-electron chi connectivity index (χ3n) is 4.96. The van der Waals surface area contributed by atoms with Crippen LogP contribution in [0.5, 0.6) is 11.5 Å². The largest absolute Gasteiger partial charge is 0.493 e. The first-order valence-corrected chi connectivity index (χ1v) is 9.35. The van der Waals surface area contributed by atoms with Gasteiger partial charge in [0.15, 0.2) is 11.5 Å². The molecule has 1 aliphatic heterocycles. The Hall–Kier alpha value is -3.53. The van der Waals surface area contributed by atoms with Crippen LogP contribution in [0.15, 0.2) is 42.5 Å². The normalized spacial score (nSPS) is 15.7. The zero-order chi connectivity index (χ0) is 20.8. The minimum atomic E-state index is -0.386. The zero-order valence-electron chi connectivity index (χ0n) is 16.5. The maximum absolute atomic E-state index is 12.5. The summed E-state index contributed by atoms with van der Waals surface area (Å²) in [5.41, 5.74) is 2.25. The minimum Gasteiger partial charge on any atom is -0.493 e. The molecule has 0 aliphatic carbocycles. The Morgan fingerprint density at radius 3 is 2.55 bits per heavy atom. The fourth-order valence-electron chi connectivity index (χ4n) is 3.36. The number of hydrogen-bond acceptors (Lipinski definition) is 5. The molecule has 150 valence electrons. The van der Waals surface area contributed by atoms with Gasteiger partial charge < -0.3 is 19.7 Å². The summed E-state index contributed by atoms with van der Waals surface area (Å²) in [5, 5.41) is 11.8. The monoisotopic (exact) mass is 393 g/mol. The number of benzene rings is 2. The van der Waals surface area contributed by atoms with Gasteiger partial charge in [-0.1, -0.05) is 6.07 Å². The van der Waals surface area contributed by atoms with Crippen molar-refractivity contribution in [3.05, 3.63) is 53.6 Å². The highest BCUT2D eigenvalue weighted by Gasteiger charge is 2.34. The molecule has 0 aromatic heterocycles. The van der Waals surface area contributed by atoms with Crippen LogP contribution in [0.2, 0.25) is 0 Å². The Morgan fingerprint density at radius 1 is 1.17 bits per heavy atom. The maximum atomic E-state index is 12.5. The minimum absolute atomic E-state index is 0.0882. The molecule has 3 rings (SSSR count). The van der Waals surface area contributed by atoms with Crippen LogP contribution in [-0.2, 0) is 16.0 Å². The standard InChI is InChI=1S/C22H23N3O4/c1-28-19-8-5-15(11-20(19)29-2)9-10-24-22(27)17-12-21(26)25(14-17)18-6-3-16(13-23)4-7-18/h3-8,11,17H,9-10,12,14H2,1-2H3,(H,24,27).